The molecular formula is C11H21O. The molecule has 0 bridgehead atoms. The van der Waals surface area contributed by atoms with Crippen LogP contribution in [0.5, 0.6) is 0 Å². The average molecular weight is 169 g/mol. The number of unbranched alkanes of at least 4 members (excludes halogenated alkanes) is 1. The fourth-order valence-corrected chi connectivity index (χ4v) is 1.77. The zero-order chi connectivity index (χ0) is 8.81. The highest BCUT2D eigenvalue weighted by molar-refractivity contribution is 4.77. The van der Waals surface area contributed by atoms with Gasteiger partial charge in [-0.1, -0.05) is 26.2 Å². The molecule has 0 saturated heterocycles. The summed E-state index contributed by atoms with van der Waals surface area (Å²) in [6.07, 6.45) is 8.07. The predicted molar refractivity (Wildman–Crippen MR) is 52.0 cm³/mol. The molecule has 2 atom stereocenters. The van der Waals surface area contributed by atoms with Crippen LogP contribution in [0.15, 0.2) is 0 Å². The van der Waals surface area contributed by atoms with Gasteiger partial charge in [-0.3, -0.25) is 0 Å². The van der Waals surface area contributed by atoms with Gasteiger partial charge in [0.1, 0.15) is 0 Å². The summed E-state index contributed by atoms with van der Waals surface area (Å²) < 4.78 is 5.77. The van der Waals surface area contributed by atoms with Crippen molar-refractivity contribution in [3.63, 3.8) is 0 Å². The highest BCUT2D eigenvalue weighted by Gasteiger charge is 2.21. The van der Waals surface area contributed by atoms with E-state index in [1.54, 1.807) is 0 Å². The van der Waals surface area contributed by atoms with Gasteiger partial charge in [-0.25, -0.2) is 0 Å². The number of hydrogen-bond donors (Lipinski definition) is 0. The van der Waals surface area contributed by atoms with Crippen molar-refractivity contribution in [3.8, 4) is 0 Å². The van der Waals surface area contributed by atoms with E-state index in [0.29, 0.717) is 12.0 Å². The molecule has 0 spiro atoms. The van der Waals surface area contributed by atoms with Crippen LogP contribution in [0.4, 0.5) is 0 Å². The van der Waals surface area contributed by atoms with Crippen molar-refractivity contribution in [2.75, 3.05) is 6.61 Å². The second-order valence-corrected chi connectivity index (χ2v) is 3.81. The van der Waals surface area contributed by atoms with E-state index in [-0.39, 0.29) is 0 Å². The molecule has 0 aromatic heterocycles. The molecule has 71 valence electrons. The fourth-order valence-electron chi connectivity index (χ4n) is 1.77. The van der Waals surface area contributed by atoms with E-state index in [4.69, 9.17) is 4.74 Å². The molecule has 0 N–H and O–H groups in total. The van der Waals surface area contributed by atoms with E-state index in [9.17, 15) is 0 Å². The second-order valence-electron chi connectivity index (χ2n) is 3.81. The Morgan fingerprint density at radius 1 is 1.33 bits per heavy atom. The van der Waals surface area contributed by atoms with Crippen LogP contribution in [0.2, 0.25) is 0 Å². The molecule has 1 rings (SSSR count). The summed E-state index contributed by atoms with van der Waals surface area (Å²) in [6.45, 7) is 7.27. The average Bonchev–Trinajstić information content (AvgIpc) is 2.09. The molecule has 0 aromatic rings. The normalized spacial score (nSPS) is 30.5. The van der Waals surface area contributed by atoms with Crippen LogP contribution in [-0.4, -0.2) is 12.7 Å². The van der Waals surface area contributed by atoms with Crippen LogP contribution >= 0.6 is 0 Å². The van der Waals surface area contributed by atoms with Crippen LogP contribution in [0, 0.1) is 12.8 Å². The first kappa shape index (κ1) is 10.0. The molecule has 0 heterocycles. The Morgan fingerprint density at radius 2 is 2.08 bits per heavy atom. The van der Waals surface area contributed by atoms with Crippen molar-refractivity contribution in [1.29, 1.82) is 0 Å². The van der Waals surface area contributed by atoms with E-state index in [2.05, 4.69) is 13.8 Å². The van der Waals surface area contributed by atoms with E-state index in [1.165, 1.54) is 38.5 Å². The van der Waals surface area contributed by atoms with Crippen molar-refractivity contribution >= 4 is 0 Å². The fraction of sp³-hybridized carbons (Fsp3) is 0.909. The van der Waals surface area contributed by atoms with Gasteiger partial charge in [-0.15, -0.1) is 0 Å². The molecular weight excluding hydrogens is 148 g/mol. The first-order chi connectivity index (χ1) is 5.84. The molecule has 0 aliphatic heterocycles. The molecule has 1 nitrogen and oxygen atoms in total. The number of ether oxygens (including phenoxy) is 1. The number of rotatable bonds is 4. The summed E-state index contributed by atoms with van der Waals surface area (Å²) in [5, 5.41) is 0. The molecule has 1 heteroatoms. The summed E-state index contributed by atoms with van der Waals surface area (Å²) in [7, 11) is 0. The van der Waals surface area contributed by atoms with Gasteiger partial charge in [0, 0.05) is 6.61 Å². The molecule has 0 amide bonds. The van der Waals surface area contributed by atoms with Gasteiger partial charge < -0.3 is 4.74 Å². The molecule has 2 unspecified atom stereocenters. The van der Waals surface area contributed by atoms with Crippen LogP contribution in [0.3, 0.4) is 0 Å². The maximum absolute atomic E-state index is 5.77. The summed E-state index contributed by atoms with van der Waals surface area (Å²) in [6, 6.07) is 0. The minimum atomic E-state index is 0.463. The van der Waals surface area contributed by atoms with E-state index >= 15 is 0 Å². The Morgan fingerprint density at radius 3 is 2.75 bits per heavy atom. The molecule has 1 aliphatic carbocycles. The highest BCUT2D eigenvalue weighted by Crippen LogP contribution is 2.25. The van der Waals surface area contributed by atoms with Gasteiger partial charge in [0.25, 0.3) is 0 Å². The lowest BCUT2D eigenvalue weighted by atomic mass is 9.88. The Kier molecular flexibility index (Phi) is 4.67. The van der Waals surface area contributed by atoms with Crippen LogP contribution < -0.4 is 0 Å². The third kappa shape index (κ3) is 3.14. The molecule has 1 radical (unpaired) electrons. The monoisotopic (exact) mass is 169 g/mol. The van der Waals surface area contributed by atoms with Crippen LogP contribution in [-0.2, 0) is 4.74 Å². The lowest BCUT2D eigenvalue weighted by Gasteiger charge is -2.28. The molecule has 1 saturated carbocycles. The zero-order valence-corrected chi connectivity index (χ0v) is 8.22. The summed E-state index contributed by atoms with van der Waals surface area (Å²) >= 11 is 0. The third-order valence-electron chi connectivity index (χ3n) is 2.67. The SMILES string of the molecule is [CH2]C1CCCCC1OCCCC. The second kappa shape index (κ2) is 5.58. The first-order valence-corrected chi connectivity index (χ1v) is 5.29. The van der Waals surface area contributed by atoms with E-state index < -0.39 is 0 Å². The van der Waals surface area contributed by atoms with Crippen molar-refractivity contribution in [1.82, 2.24) is 0 Å². The van der Waals surface area contributed by atoms with Crippen molar-refractivity contribution in [2.24, 2.45) is 5.92 Å². The Bertz CT molecular complexity index is 112. The largest absolute Gasteiger partial charge is 0.378 e. The molecule has 12 heavy (non-hydrogen) atoms. The summed E-state index contributed by atoms with van der Waals surface area (Å²) in [5.41, 5.74) is 0. The lowest BCUT2D eigenvalue weighted by Crippen LogP contribution is -2.26. The van der Waals surface area contributed by atoms with Crippen molar-refractivity contribution < 1.29 is 4.74 Å². The van der Waals surface area contributed by atoms with E-state index in [0.717, 1.165) is 6.61 Å². The van der Waals surface area contributed by atoms with Crippen LogP contribution in [0.25, 0.3) is 0 Å². The Labute approximate surface area is 76.5 Å². The first-order valence-electron chi connectivity index (χ1n) is 5.29. The topological polar surface area (TPSA) is 9.23 Å². The Balaban J connectivity index is 2.11. The molecule has 1 aliphatic rings. The van der Waals surface area contributed by atoms with Gasteiger partial charge in [0.15, 0.2) is 0 Å². The van der Waals surface area contributed by atoms with Gasteiger partial charge in [-0.2, -0.15) is 0 Å². The minimum Gasteiger partial charge on any atom is -0.378 e. The molecule has 1 fully saturated rings. The molecule has 0 aromatic carbocycles. The maximum Gasteiger partial charge on any atom is 0.0603 e. The Hall–Kier alpha value is -0.0400. The summed E-state index contributed by atoms with van der Waals surface area (Å²) in [4.78, 5) is 0. The number of hydrogen-bond acceptors (Lipinski definition) is 1. The lowest BCUT2D eigenvalue weighted by molar-refractivity contribution is 0.00172. The standard InChI is InChI=1S/C11H21O/c1-3-4-9-12-11-8-6-5-7-10(11)2/h10-11H,2-9H2,1H3. The smallest absolute Gasteiger partial charge is 0.0603 e. The van der Waals surface area contributed by atoms with Gasteiger partial charge >= 0.3 is 0 Å². The van der Waals surface area contributed by atoms with Gasteiger partial charge in [-0.05, 0) is 32.1 Å². The van der Waals surface area contributed by atoms with Crippen molar-refractivity contribution in [2.45, 2.75) is 51.6 Å². The summed E-state index contributed by atoms with van der Waals surface area (Å²) in [5.74, 6) is 0.551. The third-order valence-corrected chi connectivity index (χ3v) is 2.67. The van der Waals surface area contributed by atoms with Gasteiger partial charge in [0.05, 0.1) is 6.10 Å². The quantitative estimate of drug-likeness (QED) is 0.587. The minimum absolute atomic E-state index is 0.463. The predicted octanol–water partition coefficient (Wildman–Crippen LogP) is 3.20. The van der Waals surface area contributed by atoms with Crippen LogP contribution in [0.1, 0.15) is 45.4 Å². The maximum atomic E-state index is 5.77. The zero-order valence-electron chi connectivity index (χ0n) is 8.22. The highest BCUT2D eigenvalue weighted by atomic mass is 16.5. The van der Waals surface area contributed by atoms with Gasteiger partial charge in [0.2, 0.25) is 0 Å². The van der Waals surface area contributed by atoms with E-state index in [1.807, 2.05) is 0 Å². The van der Waals surface area contributed by atoms with Crippen molar-refractivity contribution in [3.05, 3.63) is 6.92 Å².